The van der Waals surface area contributed by atoms with E-state index in [2.05, 4.69) is 5.32 Å². The molecule has 0 aromatic heterocycles. The van der Waals surface area contributed by atoms with Crippen molar-refractivity contribution in [1.82, 2.24) is 5.32 Å². The van der Waals surface area contributed by atoms with Crippen molar-refractivity contribution in [2.75, 3.05) is 7.11 Å². The van der Waals surface area contributed by atoms with Crippen LogP contribution in [0.1, 0.15) is 15.9 Å². The van der Waals surface area contributed by atoms with Crippen LogP contribution in [0.15, 0.2) is 60.8 Å². The standard InChI is InChI=1S/C17H16N2O4/c1-23-16-8-2-13(3-9-16)12-18-11-10-17(20)14-4-6-15(7-5-14)19(21)22/h2-11,18H,12H2,1H3. The molecule has 0 heterocycles. The van der Waals surface area contributed by atoms with Crippen LogP contribution >= 0.6 is 0 Å². The molecule has 0 aliphatic rings. The van der Waals surface area contributed by atoms with Gasteiger partial charge in [0.2, 0.25) is 0 Å². The number of hydrogen-bond acceptors (Lipinski definition) is 5. The molecule has 0 spiro atoms. The molecule has 0 bridgehead atoms. The van der Waals surface area contributed by atoms with E-state index in [0.29, 0.717) is 12.1 Å². The fraction of sp³-hybridized carbons (Fsp3) is 0.118. The minimum Gasteiger partial charge on any atom is -0.497 e. The molecule has 0 unspecified atom stereocenters. The molecule has 0 radical (unpaired) electrons. The lowest BCUT2D eigenvalue weighted by molar-refractivity contribution is -0.384. The van der Waals surface area contributed by atoms with Crippen molar-refractivity contribution in [2.45, 2.75) is 6.54 Å². The number of carbonyl (C=O) groups excluding carboxylic acids is 1. The summed E-state index contributed by atoms with van der Waals surface area (Å²) >= 11 is 0. The van der Waals surface area contributed by atoms with Crippen LogP contribution in [0.2, 0.25) is 0 Å². The first-order chi connectivity index (χ1) is 11.1. The van der Waals surface area contributed by atoms with Crippen LogP contribution < -0.4 is 10.1 Å². The lowest BCUT2D eigenvalue weighted by Crippen LogP contribution is -2.06. The number of allylic oxidation sites excluding steroid dienone is 1. The highest BCUT2D eigenvalue weighted by Crippen LogP contribution is 2.13. The quantitative estimate of drug-likeness (QED) is 0.368. The van der Waals surface area contributed by atoms with Gasteiger partial charge in [0.05, 0.1) is 12.0 Å². The second-order valence-corrected chi connectivity index (χ2v) is 4.73. The Labute approximate surface area is 133 Å². The Kier molecular flexibility index (Phi) is 5.46. The predicted molar refractivity (Wildman–Crippen MR) is 86.4 cm³/mol. The lowest BCUT2D eigenvalue weighted by atomic mass is 10.1. The average molecular weight is 312 g/mol. The summed E-state index contributed by atoms with van der Waals surface area (Å²) in [6.45, 7) is 0.577. The molecule has 6 heteroatoms. The number of nitro benzene ring substituents is 1. The largest absolute Gasteiger partial charge is 0.497 e. The van der Waals surface area contributed by atoms with Crippen LogP contribution in [-0.4, -0.2) is 17.8 Å². The van der Waals surface area contributed by atoms with Crippen LogP contribution in [-0.2, 0) is 6.54 Å². The topological polar surface area (TPSA) is 81.5 Å². The zero-order chi connectivity index (χ0) is 16.7. The van der Waals surface area contributed by atoms with Crippen LogP contribution in [0.25, 0.3) is 0 Å². The Morgan fingerprint density at radius 2 is 1.83 bits per heavy atom. The van der Waals surface area contributed by atoms with Crippen molar-refractivity contribution < 1.29 is 14.5 Å². The highest BCUT2D eigenvalue weighted by atomic mass is 16.6. The van der Waals surface area contributed by atoms with Crippen LogP contribution in [0.5, 0.6) is 5.75 Å². The van der Waals surface area contributed by atoms with Gasteiger partial charge in [-0.2, -0.15) is 0 Å². The molecular weight excluding hydrogens is 296 g/mol. The first-order valence-corrected chi connectivity index (χ1v) is 6.92. The molecular formula is C17H16N2O4. The summed E-state index contributed by atoms with van der Waals surface area (Å²) in [6, 6.07) is 13.1. The molecule has 2 aromatic rings. The smallest absolute Gasteiger partial charge is 0.269 e. The SMILES string of the molecule is COc1ccc(CNC=CC(=O)c2ccc([N+](=O)[O-])cc2)cc1. The first-order valence-electron chi connectivity index (χ1n) is 6.92. The third kappa shape index (κ3) is 4.67. The number of ether oxygens (including phenoxy) is 1. The van der Waals surface area contributed by atoms with E-state index >= 15 is 0 Å². The van der Waals surface area contributed by atoms with Gasteiger partial charge in [0, 0.05) is 36.5 Å². The molecule has 23 heavy (non-hydrogen) atoms. The number of nitro groups is 1. The molecule has 1 N–H and O–H groups in total. The Morgan fingerprint density at radius 3 is 2.39 bits per heavy atom. The number of hydrogen-bond donors (Lipinski definition) is 1. The molecule has 6 nitrogen and oxygen atoms in total. The molecule has 0 aliphatic heterocycles. The molecule has 0 amide bonds. The van der Waals surface area contributed by atoms with Gasteiger partial charge in [-0.25, -0.2) is 0 Å². The Bertz CT molecular complexity index is 706. The number of methoxy groups -OCH3 is 1. The van der Waals surface area contributed by atoms with Crippen molar-refractivity contribution in [3.8, 4) is 5.75 Å². The normalized spacial score (nSPS) is 10.5. The van der Waals surface area contributed by atoms with Gasteiger partial charge in [0.15, 0.2) is 5.78 Å². The molecule has 0 aliphatic carbocycles. The number of non-ortho nitro benzene ring substituents is 1. The van der Waals surface area contributed by atoms with Gasteiger partial charge < -0.3 is 10.1 Å². The number of carbonyl (C=O) groups is 1. The van der Waals surface area contributed by atoms with E-state index in [9.17, 15) is 14.9 Å². The molecule has 0 saturated carbocycles. The number of nitrogens with one attached hydrogen (secondary N) is 1. The summed E-state index contributed by atoms with van der Waals surface area (Å²) in [7, 11) is 1.61. The minimum absolute atomic E-state index is 0.0387. The van der Waals surface area contributed by atoms with E-state index in [1.54, 1.807) is 13.3 Å². The lowest BCUT2D eigenvalue weighted by Gasteiger charge is -2.03. The Balaban J connectivity index is 1.86. The zero-order valence-corrected chi connectivity index (χ0v) is 12.6. The van der Waals surface area contributed by atoms with E-state index in [1.165, 1.54) is 30.3 Å². The van der Waals surface area contributed by atoms with E-state index in [-0.39, 0.29) is 11.5 Å². The van der Waals surface area contributed by atoms with Gasteiger partial charge in [-0.05, 0) is 29.8 Å². The van der Waals surface area contributed by atoms with E-state index < -0.39 is 4.92 Å². The van der Waals surface area contributed by atoms with E-state index in [4.69, 9.17) is 4.74 Å². The van der Waals surface area contributed by atoms with Crippen molar-refractivity contribution in [3.05, 3.63) is 82.0 Å². The molecule has 2 rings (SSSR count). The maximum atomic E-state index is 11.9. The second kappa shape index (κ2) is 7.74. The van der Waals surface area contributed by atoms with Crippen LogP contribution in [0.4, 0.5) is 5.69 Å². The van der Waals surface area contributed by atoms with Gasteiger partial charge in [-0.15, -0.1) is 0 Å². The zero-order valence-electron chi connectivity index (χ0n) is 12.6. The monoisotopic (exact) mass is 312 g/mol. The summed E-state index contributed by atoms with van der Waals surface area (Å²) in [4.78, 5) is 22.0. The highest BCUT2D eigenvalue weighted by Gasteiger charge is 2.06. The van der Waals surface area contributed by atoms with E-state index in [0.717, 1.165) is 11.3 Å². The van der Waals surface area contributed by atoms with Gasteiger partial charge in [0.1, 0.15) is 5.75 Å². The molecule has 0 fully saturated rings. The minimum atomic E-state index is -0.499. The van der Waals surface area contributed by atoms with E-state index in [1.807, 2.05) is 24.3 Å². The Hall–Kier alpha value is -3.15. The number of ketones is 1. The third-order valence-corrected chi connectivity index (χ3v) is 3.18. The van der Waals surface area contributed by atoms with Gasteiger partial charge >= 0.3 is 0 Å². The van der Waals surface area contributed by atoms with Crippen LogP contribution in [0.3, 0.4) is 0 Å². The molecule has 118 valence electrons. The summed E-state index contributed by atoms with van der Waals surface area (Å²) in [5.41, 5.74) is 1.42. The number of benzene rings is 2. The summed E-state index contributed by atoms with van der Waals surface area (Å²) < 4.78 is 5.08. The summed E-state index contributed by atoms with van der Waals surface area (Å²) in [5, 5.41) is 13.6. The first kappa shape index (κ1) is 16.2. The van der Waals surface area contributed by atoms with Gasteiger partial charge in [-0.1, -0.05) is 12.1 Å². The fourth-order valence-electron chi connectivity index (χ4n) is 1.90. The highest BCUT2D eigenvalue weighted by molar-refractivity contribution is 6.04. The van der Waals surface area contributed by atoms with Gasteiger partial charge in [-0.3, -0.25) is 14.9 Å². The fourth-order valence-corrected chi connectivity index (χ4v) is 1.90. The van der Waals surface area contributed by atoms with Crippen molar-refractivity contribution in [2.24, 2.45) is 0 Å². The van der Waals surface area contributed by atoms with Crippen molar-refractivity contribution >= 4 is 11.5 Å². The van der Waals surface area contributed by atoms with Crippen molar-refractivity contribution in [3.63, 3.8) is 0 Å². The summed E-state index contributed by atoms with van der Waals surface area (Å²) in [5.74, 6) is 0.569. The summed E-state index contributed by atoms with van der Waals surface area (Å²) in [6.07, 6.45) is 2.96. The molecule has 0 saturated heterocycles. The van der Waals surface area contributed by atoms with Crippen molar-refractivity contribution in [1.29, 1.82) is 0 Å². The second-order valence-electron chi connectivity index (χ2n) is 4.73. The third-order valence-electron chi connectivity index (χ3n) is 3.18. The molecule has 2 aromatic carbocycles. The number of rotatable bonds is 7. The maximum absolute atomic E-state index is 11.9. The Morgan fingerprint density at radius 1 is 1.17 bits per heavy atom. The van der Waals surface area contributed by atoms with Crippen LogP contribution in [0, 0.1) is 10.1 Å². The molecule has 0 atom stereocenters. The maximum Gasteiger partial charge on any atom is 0.269 e. The predicted octanol–water partition coefficient (Wildman–Crippen LogP) is 3.09. The average Bonchev–Trinajstić information content (AvgIpc) is 2.59. The number of nitrogens with zero attached hydrogens (tertiary/aromatic N) is 1. The van der Waals surface area contributed by atoms with Gasteiger partial charge in [0.25, 0.3) is 5.69 Å².